The van der Waals surface area contributed by atoms with Crippen LogP contribution in [-0.4, -0.2) is 19.1 Å². The third kappa shape index (κ3) is 9.08. The smallest absolute Gasteiger partial charge is 0.330 e. The fourth-order valence-electron chi connectivity index (χ4n) is 0.957. The van der Waals surface area contributed by atoms with Crippen LogP contribution in [0, 0.1) is 0 Å². The van der Waals surface area contributed by atoms with Gasteiger partial charge < -0.3 is 10.5 Å². The molecule has 76 valence electrons. The van der Waals surface area contributed by atoms with Crippen LogP contribution < -0.4 is 5.73 Å². The molecule has 0 aromatic carbocycles. The number of rotatable bonds is 7. The number of carbonyl (C=O) groups excluding carboxylic acids is 1. The molecule has 0 aliphatic heterocycles. The molecular weight excluding hydrogens is 166 g/mol. The Morgan fingerprint density at radius 2 is 2.00 bits per heavy atom. The Morgan fingerprint density at radius 3 is 2.62 bits per heavy atom. The third-order valence-electron chi connectivity index (χ3n) is 1.65. The Bertz CT molecular complexity index is 155. The summed E-state index contributed by atoms with van der Waals surface area (Å²) in [6.45, 7) is 3.06. The number of carbonyl (C=O) groups is 1. The zero-order chi connectivity index (χ0) is 9.94. The highest BCUT2D eigenvalue weighted by molar-refractivity contribution is 5.81. The Hall–Kier alpha value is -0.830. The van der Waals surface area contributed by atoms with Crippen LogP contribution in [0.25, 0.3) is 0 Å². The lowest BCUT2D eigenvalue weighted by Gasteiger charge is -2.01. The summed E-state index contributed by atoms with van der Waals surface area (Å²) in [5.41, 5.74) is 5.34. The fourth-order valence-corrected chi connectivity index (χ4v) is 0.957. The number of hydrogen-bond acceptors (Lipinski definition) is 3. The van der Waals surface area contributed by atoms with Gasteiger partial charge in [-0.25, -0.2) is 4.79 Å². The minimum absolute atomic E-state index is 0.249. The highest BCUT2D eigenvalue weighted by Gasteiger charge is 1.94. The van der Waals surface area contributed by atoms with Crippen molar-refractivity contribution in [3.05, 3.63) is 12.2 Å². The van der Waals surface area contributed by atoms with E-state index in [9.17, 15) is 4.79 Å². The quantitative estimate of drug-likeness (QED) is 0.372. The standard InChI is InChI=1S/C10H19NO2/c1-2-7-10(12)13-9-6-4-3-5-8-11/h2,7H,3-6,8-9,11H2,1H3. The molecule has 0 rings (SSSR count). The summed E-state index contributed by atoms with van der Waals surface area (Å²) in [6.07, 6.45) is 7.31. The van der Waals surface area contributed by atoms with Crippen LogP contribution in [0.15, 0.2) is 12.2 Å². The lowest BCUT2D eigenvalue weighted by Crippen LogP contribution is -2.02. The van der Waals surface area contributed by atoms with Gasteiger partial charge in [0, 0.05) is 6.08 Å². The molecule has 0 aromatic heterocycles. The van der Waals surface area contributed by atoms with Gasteiger partial charge in [-0.1, -0.05) is 18.9 Å². The van der Waals surface area contributed by atoms with Crippen molar-refractivity contribution < 1.29 is 9.53 Å². The molecule has 2 N–H and O–H groups in total. The molecule has 0 aromatic rings. The lowest BCUT2D eigenvalue weighted by atomic mass is 10.2. The topological polar surface area (TPSA) is 52.3 Å². The van der Waals surface area contributed by atoms with Gasteiger partial charge in [0.2, 0.25) is 0 Å². The molecule has 0 saturated carbocycles. The van der Waals surface area contributed by atoms with Crippen LogP contribution in [0.1, 0.15) is 32.6 Å². The van der Waals surface area contributed by atoms with E-state index in [1.807, 2.05) is 0 Å². The summed E-state index contributed by atoms with van der Waals surface area (Å²) >= 11 is 0. The van der Waals surface area contributed by atoms with Crippen LogP contribution in [-0.2, 0) is 9.53 Å². The van der Waals surface area contributed by atoms with Crippen molar-refractivity contribution in [2.75, 3.05) is 13.2 Å². The van der Waals surface area contributed by atoms with E-state index in [1.54, 1.807) is 13.0 Å². The van der Waals surface area contributed by atoms with E-state index in [2.05, 4.69) is 0 Å². The van der Waals surface area contributed by atoms with Gasteiger partial charge in [0.05, 0.1) is 6.61 Å². The Balaban J connectivity index is 3.11. The maximum Gasteiger partial charge on any atom is 0.330 e. The molecule has 3 heteroatoms. The van der Waals surface area contributed by atoms with Gasteiger partial charge in [0.1, 0.15) is 0 Å². The Kier molecular flexibility index (Phi) is 8.67. The van der Waals surface area contributed by atoms with E-state index >= 15 is 0 Å². The second kappa shape index (κ2) is 9.26. The number of nitrogens with two attached hydrogens (primary N) is 1. The summed E-state index contributed by atoms with van der Waals surface area (Å²) in [6, 6.07) is 0. The summed E-state index contributed by atoms with van der Waals surface area (Å²) < 4.78 is 4.91. The molecule has 0 aliphatic carbocycles. The molecule has 13 heavy (non-hydrogen) atoms. The fraction of sp³-hybridized carbons (Fsp3) is 0.700. The normalized spacial score (nSPS) is 10.6. The summed E-state index contributed by atoms with van der Waals surface area (Å²) in [5, 5.41) is 0. The largest absolute Gasteiger partial charge is 0.463 e. The van der Waals surface area contributed by atoms with Crippen molar-refractivity contribution in [1.29, 1.82) is 0 Å². The second-order valence-electron chi connectivity index (χ2n) is 2.87. The number of unbranched alkanes of at least 4 members (excludes halogenated alkanes) is 3. The molecule has 0 amide bonds. The van der Waals surface area contributed by atoms with E-state index in [0.29, 0.717) is 6.61 Å². The summed E-state index contributed by atoms with van der Waals surface area (Å²) in [5.74, 6) is -0.249. The van der Waals surface area contributed by atoms with Crippen molar-refractivity contribution in [2.45, 2.75) is 32.6 Å². The van der Waals surface area contributed by atoms with Gasteiger partial charge >= 0.3 is 5.97 Å². The van der Waals surface area contributed by atoms with Crippen molar-refractivity contribution in [1.82, 2.24) is 0 Å². The van der Waals surface area contributed by atoms with E-state index in [-0.39, 0.29) is 5.97 Å². The number of esters is 1. The minimum atomic E-state index is -0.249. The van der Waals surface area contributed by atoms with Gasteiger partial charge in [-0.05, 0) is 26.3 Å². The first-order valence-electron chi connectivity index (χ1n) is 4.80. The first-order valence-corrected chi connectivity index (χ1v) is 4.80. The first-order chi connectivity index (χ1) is 6.31. The van der Waals surface area contributed by atoms with Crippen LogP contribution in [0.5, 0.6) is 0 Å². The van der Waals surface area contributed by atoms with E-state index in [1.165, 1.54) is 6.08 Å². The van der Waals surface area contributed by atoms with Gasteiger partial charge in [0.25, 0.3) is 0 Å². The van der Waals surface area contributed by atoms with Crippen LogP contribution in [0.2, 0.25) is 0 Å². The van der Waals surface area contributed by atoms with Gasteiger partial charge in [-0.3, -0.25) is 0 Å². The van der Waals surface area contributed by atoms with Crippen molar-refractivity contribution in [2.24, 2.45) is 5.73 Å². The molecule has 3 nitrogen and oxygen atoms in total. The molecular formula is C10H19NO2. The SMILES string of the molecule is CC=CC(=O)OCCCCCCN. The maximum atomic E-state index is 10.8. The molecule has 0 spiro atoms. The predicted octanol–water partition coefficient (Wildman–Crippen LogP) is 1.62. The van der Waals surface area contributed by atoms with E-state index in [4.69, 9.17) is 10.5 Å². The van der Waals surface area contributed by atoms with Crippen molar-refractivity contribution >= 4 is 5.97 Å². The number of hydrogen-bond donors (Lipinski definition) is 1. The zero-order valence-electron chi connectivity index (χ0n) is 8.29. The average Bonchev–Trinajstić information content (AvgIpc) is 2.11. The molecule has 0 bridgehead atoms. The predicted molar refractivity (Wildman–Crippen MR) is 53.3 cm³/mol. The highest BCUT2D eigenvalue weighted by Crippen LogP contribution is 1.98. The van der Waals surface area contributed by atoms with Gasteiger partial charge in [-0.15, -0.1) is 0 Å². The minimum Gasteiger partial charge on any atom is -0.463 e. The lowest BCUT2D eigenvalue weighted by molar-refractivity contribution is -0.137. The van der Waals surface area contributed by atoms with Crippen molar-refractivity contribution in [3.8, 4) is 0 Å². The molecule has 0 radical (unpaired) electrons. The van der Waals surface area contributed by atoms with Gasteiger partial charge in [-0.2, -0.15) is 0 Å². The highest BCUT2D eigenvalue weighted by atomic mass is 16.5. The molecule has 0 atom stereocenters. The van der Waals surface area contributed by atoms with Crippen molar-refractivity contribution in [3.63, 3.8) is 0 Å². The second-order valence-corrected chi connectivity index (χ2v) is 2.87. The number of allylic oxidation sites excluding steroid dienone is 1. The van der Waals surface area contributed by atoms with Crippen LogP contribution in [0.3, 0.4) is 0 Å². The molecule has 0 fully saturated rings. The summed E-state index contributed by atoms with van der Waals surface area (Å²) in [7, 11) is 0. The Morgan fingerprint density at radius 1 is 1.31 bits per heavy atom. The average molecular weight is 185 g/mol. The maximum absolute atomic E-state index is 10.8. The zero-order valence-corrected chi connectivity index (χ0v) is 8.29. The first kappa shape index (κ1) is 12.2. The summed E-state index contributed by atoms with van der Waals surface area (Å²) in [4.78, 5) is 10.8. The van der Waals surface area contributed by atoms with Crippen LogP contribution >= 0.6 is 0 Å². The Labute approximate surface area is 79.9 Å². The van der Waals surface area contributed by atoms with Crippen LogP contribution in [0.4, 0.5) is 0 Å². The molecule has 0 heterocycles. The van der Waals surface area contributed by atoms with Gasteiger partial charge in [0.15, 0.2) is 0 Å². The van der Waals surface area contributed by atoms with E-state index in [0.717, 1.165) is 32.2 Å². The molecule has 0 unspecified atom stereocenters. The monoisotopic (exact) mass is 185 g/mol. The molecule has 0 saturated heterocycles. The molecule has 0 aliphatic rings. The number of ether oxygens (including phenoxy) is 1. The van der Waals surface area contributed by atoms with E-state index < -0.39 is 0 Å². The third-order valence-corrected chi connectivity index (χ3v) is 1.65.